The normalized spacial score (nSPS) is 18.1. The molecule has 1 fully saturated rings. The van der Waals surface area contributed by atoms with Gasteiger partial charge in [0.1, 0.15) is 11.9 Å². The lowest BCUT2D eigenvalue weighted by Gasteiger charge is -2.16. The highest BCUT2D eigenvalue weighted by Gasteiger charge is 2.33. The van der Waals surface area contributed by atoms with Gasteiger partial charge in [-0.1, -0.05) is 0 Å². The Morgan fingerprint density at radius 1 is 1.23 bits per heavy atom. The maximum Gasteiger partial charge on any atom is 0.249 e. The first-order valence-corrected chi connectivity index (χ1v) is 6.67. The maximum atomic E-state index is 13.6. The highest BCUT2D eigenvalue weighted by Crippen LogP contribution is 2.25. The van der Waals surface area contributed by atoms with Crippen molar-refractivity contribution in [3.8, 4) is 0 Å². The van der Waals surface area contributed by atoms with Gasteiger partial charge >= 0.3 is 0 Å². The molecular formula is C14H13F3N4O. The van der Waals surface area contributed by atoms with Gasteiger partial charge in [0.2, 0.25) is 5.91 Å². The van der Waals surface area contributed by atoms with Gasteiger partial charge in [-0.3, -0.25) is 9.48 Å². The van der Waals surface area contributed by atoms with E-state index in [2.05, 4.69) is 10.4 Å². The number of amides is 1. The number of hydrogen-bond donors (Lipinski definition) is 1. The molecule has 8 heteroatoms. The summed E-state index contributed by atoms with van der Waals surface area (Å²) in [6.45, 7) is 0.438. The number of aromatic nitrogens is 2. The largest absolute Gasteiger partial charge is 0.371 e. The van der Waals surface area contributed by atoms with Crippen LogP contribution in [0.3, 0.4) is 0 Å². The molecule has 0 saturated carbocycles. The highest BCUT2D eigenvalue weighted by molar-refractivity contribution is 6.00. The van der Waals surface area contributed by atoms with E-state index < -0.39 is 23.5 Å². The molecule has 5 nitrogen and oxygen atoms in total. The molecule has 1 aliphatic rings. The quantitative estimate of drug-likeness (QED) is 0.883. The summed E-state index contributed by atoms with van der Waals surface area (Å²) in [6.07, 6.45) is 3.67. The predicted octanol–water partition coefficient (Wildman–Crippen LogP) is 2.05. The van der Waals surface area contributed by atoms with E-state index in [1.807, 2.05) is 0 Å². The minimum Gasteiger partial charge on any atom is -0.371 e. The molecule has 22 heavy (non-hydrogen) atoms. The molecule has 0 spiro atoms. The molecule has 1 saturated heterocycles. The summed E-state index contributed by atoms with van der Waals surface area (Å²) >= 11 is 0. The summed E-state index contributed by atoms with van der Waals surface area (Å²) in [5.74, 6) is -3.64. The van der Waals surface area contributed by atoms with Crippen molar-refractivity contribution in [1.29, 1.82) is 0 Å². The van der Waals surface area contributed by atoms with Crippen LogP contribution >= 0.6 is 0 Å². The number of halogens is 3. The van der Waals surface area contributed by atoms with Crippen molar-refractivity contribution in [2.24, 2.45) is 7.05 Å². The van der Waals surface area contributed by atoms with Crippen LogP contribution in [0.4, 0.5) is 24.5 Å². The molecular weight excluding hydrogens is 297 g/mol. The van der Waals surface area contributed by atoms with Crippen LogP contribution in [0.1, 0.15) is 6.42 Å². The topological polar surface area (TPSA) is 50.2 Å². The summed E-state index contributed by atoms with van der Waals surface area (Å²) in [5, 5.41) is 6.62. The molecule has 1 atom stereocenters. The van der Waals surface area contributed by atoms with Crippen molar-refractivity contribution < 1.29 is 18.0 Å². The van der Waals surface area contributed by atoms with E-state index in [0.717, 1.165) is 0 Å². The SMILES string of the molecule is Cn1cc(N2CCC(Nc3cc(F)c(F)cc3F)C2=O)cn1. The van der Waals surface area contributed by atoms with Gasteiger partial charge in [-0.2, -0.15) is 5.10 Å². The third-order valence-corrected chi connectivity index (χ3v) is 3.55. The molecule has 1 N–H and O–H groups in total. The van der Waals surface area contributed by atoms with E-state index >= 15 is 0 Å². The van der Waals surface area contributed by atoms with Crippen LogP contribution in [0.2, 0.25) is 0 Å². The molecule has 1 aliphatic heterocycles. The second-order valence-electron chi connectivity index (χ2n) is 5.09. The Morgan fingerprint density at radius 3 is 2.64 bits per heavy atom. The van der Waals surface area contributed by atoms with Crippen LogP contribution in [0.25, 0.3) is 0 Å². The van der Waals surface area contributed by atoms with Crippen LogP contribution in [0.5, 0.6) is 0 Å². The lowest BCUT2D eigenvalue weighted by atomic mass is 10.2. The number of carbonyl (C=O) groups is 1. The summed E-state index contributed by atoms with van der Waals surface area (Å²) in [6, 6.07) is 0.472. The fraction of sp³-hybridized carbons (Fsp3) is 0.286. The molecule has 1 unspecified atom stereocenters. The summed E-state index contributed by atoms with van der Waals surface area (Å²) in [5.41, 5.74) is 0.410. The van der Waals surface area contributed by atoms with Gasteiger partial charge in [-0.05, 0) is 6.42 Å². The van der Waals surface area contributed by atoms with Crippen molar-refractivity contribution in [2.45, 2.75) is 12.5 Å². The fourth-order valence-electron chi connectivity index (χ4n) is 2.44. The second kappa shape index (κ2) is 5.36. The standard InChI is InChI=1S/C14H13F3N4O/c1-20-7-8(6-18-20)21-3-2-12(14(21)22)19-13-5-10(16)9(15)4-11(13)17/h4-7,12,19H,2-3H2,1H3. The van der Waals surface area contributed by atoms with E-state index in [9.17, 15) is 18.0 Å². The zero-order chi connectivity index (χ0) is 15.9. The number of hydrogen-bond acceptors (Lipinski definition) is 3. The Hall–Kier alpha value is -2.51. The third-order valence-electron chi connectivity index (χ3n) is 3.55. The first-order valence-electron chi connectivity index (χ1n) is 6.67. The van der Waals surface area contributed by atoms with Gasteiger partial charge in [-0.25, -0.2) is 13.2 Å². The van der Waals surface area contributed by atoms with Crippen molar-refractivity contribution in [3.05, 3.63) is 42.0 Å². The summed E-state index contributed by atoms with van der Waals surface area (Å²) < 4.78 is 41.3. The first kappa shape index (κ1) is 14.4. The van der Waals surface area contributed by atoms with Gasteiger partial charge < -0.3 is 10.2 Å². The molecule has 1 aromatic heterocycles. The van der Waals surface area contributed by atoms with E-state index in [-0.39, 0.29) is 11.6 Å². The average molecular weight is 310 g/mol. The van der Waals surface area contributed by atoms with Crippen LogP contribution < -0.4 is 10.2 Å². The van der Waals surface area contributed by atoms with Crippen LogP contribution in [0, 0.1) is 17.5 Å². The number of benzene rings is 1. The Bertz CT molecular complexity index is 731. The Balaban J connectivity index is 1.77. The number of anilines is 2. The first-order chi connectivity index (χ1) is 10.5. The molecule has 0 aliphatic carbocycles. The van der Waals surface area contributed by atoms with Crippen LogP contribution in [0.15, 0.2) is 24.5 Å². The molecule has 3 rings (SSSR count). The predicted molar refractivity (Wildman–Crippen MR) is 73.9 cm³/mol. The lowest BCUT2D eigenvalue weighted by Crippen LogP contribution is -2.33. The molecule has 2 aromatic rings. The van der Waals surface area contributed by atoms with Gasteiger partial charge in [0.05, 0.1) is 17.6 Å². The van der Waals surface area contributed by atoms with Gasteiger partial charge in [0.15, 0.2) is 11.6 Å². The number of nitrogens with zero attached hydrogens (tertiary/aromatic N) is 3. The molecule has 1 amide bonds. The number of rotatable bonds is 3. The monoisotopic (exact) mass is 310 g/mol. The van der Waals surface area contributed by atoms with E-state index in [1.165, 1.54) is 4.90 Å². The van der Waals surface area contributed by atoms with Crippen molar-refractivity contribution >= 4 is 17.3 Å². The zero-order valence-electron chi connectivity index (χ0n) is 11.7. The van der Waals surface area contributed by atoms with Gasteiger partial charge in [0, 0.05) is 31.9 Å². The van der Waals surface area contributed by atoms with Gasteiger partial charge in [0.25, 0.3) is 0 Å². The molecule has 1 aromatic carbocycles. The Kier molecular flexibility index (Phi) is 3.51. The maximum absolute atomic E-state index is 13.6. The highest BCUT2D eigenvalue weighted by atomic mass is 19.2. The van der Waals surface area contributed by atoms with Crippen molar-refractivity contribution in [1.82, 2.24) is 9.78 Å². The van der Waals surface area contributed by atoms with E-state index in [0.29, 0.717) is 30.8 Å². The van der Waals surface area contributed by atoms with E-state index in [4.69, 9.17) is 0 Å². The molecule has 0 bridgehead atoms. The smallest absolute Gasteiger partial charge is 0.249 e. The average Bonchev–Trinajstić information content (AvgIpc) is 3.03. The Labute approximate surface area is 124 Å². The fourth-order valence-corrected chi connectivity index (χ4v) is 2.44. The van der Waals surface area contributed by atoms with E-state index in [1.54, 1.807) is 24.1 Å². The van der Waals surface area contributed by atoms with Crippen LogP contribution in [-0.4, -0.2) is 28.3 Å². The number of nitrogens with one attached hydrogen (secondary N) is 1. The summed E-state index contributed by atoms with van der Waals surface area (Å²) in [4.78, 5) is 13.8. The van der Waals surface area contributed by atoms with Crippen molar-refractivity contribution in [2.75, 3.05) is 16.8 Å². The summed E-state index contributed by atoms with van der Waals surface area (Å²) in [7, 11) is 1.73. The molecule has 2 heterocycles. The number of carbonyl (C=O) groups excluding carboxylic acids is 1. The second-order valence-corrected chi connectivity index (χ2v) is 5.09. The van der Waals surface area contributed by atoms with Crippen LogP contribution in [-0.2, 0) is 11.8 Å². The molecule has 0 radical (unpaired) electrons. The number of aryl methyl sites for hydroxylation is 1. The minimum atomic E-state index is -1.27. The van der Waals surface area contributed by atoms with Crippen molar-refractivity contribution in [3.63, 3.8) is 0 Å². The minimum absolute atomic E-state index is 0.231. The lowest BCUT2D eigenvalue weighted by molar-refractivity contribution is -0.117. The zero-order valence-corrected chi connectivity index (χ0v) is 11.7. The van der Waals surface area contributed by atoms with Gasteiger partial charge in [-0.15, -0.1) is 0 Å². The Morgan fingerprint density at radius 2 is 1.95 bits per heavy atom. The third kappa shape index (κ3) is 2.51. The molecule has 116 valence electrons.